The number of benzene rings is 2. The number of hydrogen-bond acceptors (Lipinski definition) is 4. The Kier molecular flexibility index (Phi) is 6.31. The van der Waals surface area contributed by atoms with E-state index in [0.29, 0.717) is 11.1 Å². The van der Waals surface area contributed by atoms with E-state index in [1.165, 1.54) is 36.4 Å². The van der Waals surface area contributed by atoms with Gasteiger partial charge in [-0.3, -0.25) is 4.79 Å². The van der Waals surface area contributed by atoms with Crippen LogP contribution < -0.4 is 10.1 Å². The van der Waals surface area contributed by atoms with Gasteiger partial charge in [0.15, 0.2) is 9.84 Å². The van der Waals surface area contributed by atoms with E-state index in [1.807, 2.05) is 0 Å². The van der Waals surface area contributed by atoms with Crippen LogP contribution in [-0.2, 0) is 16.4 Å². The van der Waals surface area contributed by atoms with Crippen molar-refractivity contribution in [3.63, 3.8) is 0 Å². The minimum Gasteiger partial charge on any atom is -0.435 e. The smallest absolute Gasteiger partial charge is 0.387 e. The van der Waals surface area contributed by atoms with Gasteiger partial charge in [0, 0.05) is 12.1 Å². The molecule has 0 saturated heterocycles. The van der Waals surface area contributed by atoms with Crippen LogP contribution in [0.5, 0.6) is 5.75 Å². The molecule has 0 spiro atoms. The number of ether oxygens (including phenoxy) is 1. The zero-order chi connectivity index (χ0) is 19.3. The molecular weight excluding hydrogens is 364 g/mol. The topological polar surface area (TPSA) is 72.5 Å². The summed E-state index contributed by atoms with van der Waals surface area (Å²) in [5.41, 5.74) is 1.03. The Labute approximate surface area is 150 Å². The van der Waals surface area contributed by atoms with Crippen LogP contribution in [0.25, 0.3) is 0 Å². The molecule has 2 rings (SSSR count). The van der Waals surface area contributed by atoms with Crippen molar-refractivity contribution < 1.29 is 26.7 Å². The summed E-state index contributed by atoms with van der Waals surface area (Å²) in [6.07, 6.45) is 0. The molecule has 0 radical (unpaired) electrons. The van der Waals surface area contributed by atoms with Gasteiger partial charge in [0.05, 0.1) is 10.1 Å². The van der Waals surface area contributed by atoms with Crippen LogP contribution in [0.4, 0.5) is 8.78 Å². The van der Waals surface area contributed by atoms with Gasteiger partial charge in [0.25, 0.3) is 5.91 Å². The average molecular weight is 383 g/mol. The molecule has 0 aliphatic carbocycles. The van der Waals surface area contributed by atoms with Crippen molar-refractivity contribution in [3.8, 4) is 5.75 Å². The van der Waals surface area contributed by atoms with E-state index in [2.05, 4.69) is 10.1 Å². The van der Waals surface area contributed by atoms with Gasteiger partial charge < -0.3 is 10.1 Å². The third kappa shape index (κ3) is 5.01. The predicted molar refractivity (Wildman–Crippen MR) is 93.0 cm³/mol. The van der Waals surface area contributed by atoms with Crippen molar-refractivity contribution in [2.75, 3.05) is 0 Å². The molecule has 0 unspecified atom stereocenters. The van der Waals surface area contributed by atoms with Gasteiger partial charge in [-0.2, -0.15) is 8.78 Å². The van der Waals surface area contributed by atoms with Crippen molar-refractivity contribution in [2.24, 2.45) is 0 Å². The molecule has 0 atom stereocenters. The number of amides is 1. The van der Waals surface area contributed by atoms with Crippen LogP contribution in [-0.4, -0.2) is 26.2 Å². The second kappa shape index (κ2) is 8.27. The van der Waals surface area contributed by atoms with E-state index in [1.54, 1.807) is 26.0 Å². The fourth-order valence-corrected chi connectivity index (χ4v) is 3.20. The highest BCUT2D eigenvalue weighted by atomic mass is 32.2. The number of carbonyl (C=O) groups excluding carboxylic acids is 1. The highest BCUT2D eigenvalue weighted by molar-refractivity contribution is 7.92. The van der Waals surface area contributed by atoms with Gasteiger partial charge in [-0.05, 0) is 55.8 Å². The molecule has 0 bridgehead atoms. The first-order chi connectivity index (χ1) is 12.2. The number of nitrogens with one attached hydrogen (secondary N) is 1. The lowest BCUT2D eigenvalue weighted by Gasteiger charge is -2.09. The molecule has 1 amide bonds. The Balaban J connectivity index is 1.98. The molecule has 26 heavy (non-hydrogen) atoms. The first kappa shape index (κ1) is 19.8. The van der Waals surface area contributed by atoms with Gasteiger partial charge in [-0.1, -0.05) is 12.1 Å². The highest BCUT2D eigenvalue weighted by Gasteiger charge is 2.19. The number of rotatable bonds is 7. The maximum absolute atomic E-state index is 12.1. The largest absolute Gasteiger partial charge is 0.435 e. The Bertz CT molecular complexity index is 848. The monoisotopic (exact) mass is 383 g/mol. The Morgan fingerprint density at radius 3 is 2.12 bits per heavy atom. The van der Waals surface area contributed by atoms with Crippen molar-refractivity contribution in [1.29, 1.82) is 0 Å². The molecule has 0 aliphatic rings. The third-order valence-corrected chi connectivity index (χ3v) is 5.84. The van der Waals surface area contributed by atoms with E-state index in [0.717, 1.165) is 0 Å². The molecule has 0 saturated carbocycles. The summed E-state index contributed by atoms with van der Waals surface area (Å²) in [6.45, 7) is 0.490. The molecular formula is C18H19F2NO4S. The molecule has 0 aliphatic heterocycles. The Hall–Kier alpha value is -2.48. The summed E-state index contributed by atoms with van der Waals surface area (Å²) < 4.78 is 52.6. The van der Waals surface area contributed by atoms with Crippen molar-refractivity contribution in [1.82, 2.24) is 5.32 Å². The molecule has 0 fully saturated rings. The van der Waals surface area contributed by atoms with Crippen LogP contribution in [0, 0.1) is 0 Å². The lowest BCUT2D eigenvalue weighted by molar-refractivity contribution is -0.0498. The number of halogens is 2. The van der Waals surface area contributed by atoms with E-state index >= 15 is 0 Å². The quantitative estimate of drug-likeness (QED) is 0.795. The summed E-state index contributed by atoms with van der Waals surface area (Å²) in [5, 5.41) is 2.14. The second-order valence-electron chi connectivity index (χ2n) is 5.82. The normalized spacial score (nSPS) is 11.6. The molecule has 1 N–H and O–H groups in total. The van der Waals surface area contributed by atoms with Crippen LogP contribution >= 0.6 is 0 Å². The zero-order valence-electron chi connectivity index (χ0n) is 14.3. The Morgan fingerprint density at radius 2 is 1.62 bits per heavy atom. The minimum absolute atomic E-state index is 0.0389. The van der Waals surface area contributed by atoms with Crippen LogP contribution in [0.2, 0.25) is 0 Å². The van der Waals surface area contributed by atoms with E-state index in [9.17, 15) is 22.0 Å². The minimum atomic E-state index is -3.38. The first-order valence-electron chi connectivity index (χ1n) is 7.86. The summed E-state index contributed by atoms with van der Waals surface area (Å²) in [6, 6.07) is 11.6. The maximum Gasteiger partial charge on any atom is 0.387 e. The fraction of sp³-hybridized carbons (Fsp3) is 0.278. The fourth-order valence-electron chi connectivity index (χ4n) is 2.14. The summed E-state index contributed by atoms with van der Waals surface area (Å²) in [7, 11) is -3.38. The number of alkyl halides is 2. The van der Waals surface area contributed by atoms with Crippen LogP contribution in [0.1, 0.15) is 29.8 Å². The van der Waals surface area contributed by atoms with Crippen molar-refractivity contribution >= 4 is 15.7 Å². The number of sulfone groups is 1. The summed E-state index contributed by atoms with van der Waals surface area (Å²) in [5.74, 6) is -0.330. The van der Waals surface area contributed by atoms with Gasteiger partial charge in [-0.25, -0.2) is 8.42 Å². The van der Waals surface area contributed by atoms with Crippen LogP contribution in [0.15, 0.2) is 53.4 Å². The van der Waals surface area contributed by atoms with Gasteiger partial charge >= 0.3 is 6.61 Å². The molecule has 8 heteroatoms. The molecule has 2 aromatic rings. The van der Waals surface area contributed by atoms with Crippen molar-refractivity contribution in [3.05, 3.63) is 59.7 Å². The Morgan fingerprint density at radius 1 is 1.04 bits per heavy atom. The zero-order valence-corrected chi connectivity index (χ0v) is 15.1. The lowest BCUT2D eigenvalue weighted by Crippen LogP contribution is -2.23. The highest BCUT2D eigenvalue weighted by Crippen LogP contribution is 2.17. The van der Waals surface area contributed by atoms with Gasteiger partial charge in [-0.15, -0.1) is 0 Å². The van der Waals surface area contributed by atoms with Gasteiger partial charge in [0.1, 0.15) is 5.75 Å². The number of carbonyl (C=O) groups is 1. The second-order valence-corrected chi connectivity index (χ2v) is 8.33. The molecule has 5 nitrogen and oxygen atoms in total. The molecule has 2 aromatic carbocycles. The van der Waals surface area contributed by atoms with E-state index in [-0.39, 0.29) is 23.1 Å². The molecule has 0 heterocycles. The average Bonchev–Trinajstić information content (AvgIpc) is 2.60. The predicted octanol–water partition coefficient (Wildman–Crippen LogP) is 3.40. The van der Waals surface area contributed by atoms with Crippen molar-refractivity contribution in [2.45, 2.75) is 37.1 Å². The lowest BCUT2D eigenvalue weighted by atomic mass is 10.2. The maximum atomic E-state index is 12.1. The summed E-state index contributed by atoms with van der Waals surface area (Å²) in [4.78, 5) is 12.3. The molecule has 0 aromatic heterocycles. The van der Waals surface area contributed by atoms with E-state index < -0.39 is 21.7 Å². The summed E-state index contributed by atoms with van der Waals surface area (Å²) >= 11 is 0. The van der Waals surface area contributed by atoms with E-state index in [4.69, 9.17) is 0 Å². The van der Waals surface area contributed by atoms with Crippen LogP contribution in [0.3, 0.4) is 0 Å². The SMILES string of the molecule is CC(C)S(=O)(=O)c1ccc(C(=O)NCc2ccc(OC(F)F)cc2)cc1. The molecule has 140 valence electrons. The third-order valence-electron chi connectivity index (χ3n) is 3.67. The van der Waals surface area contributed by atoms with Gasteiger partial charge in [0.2, 0.25) is 0 Å². The number of hydrogen-bond donors (Lipinski definition) is 1. The standard InChI is InChI=1S/C18H19F2NO4S/c1-12(2)26(23,24)16-9-5-14(6-10-16)17(22)21-11-13-3-7-15(8-4-13)25-18(19)20/h3-10,12,18H,11H2,1-2H3,(H,21,22). The first-order valence-corrected chi connectivity index (χ1v) is 9.40.